The van der Waals surface area contributed by atoms with Crippen LogP contribution in [0.3, 0.4) is 0 Å². The van der Waals surface area contributed by atoms with Crippen LogP contribution in [-0.4, -0.2) is 30.5 Å². The van der Waals surface area contributed by atoms with Crippen LogP contribution in [0.4, 0.5) is 17.6 Å². The Kier molecular flexibility index (Phi) is 7.04. The average molecular weight is 453 g/mol. The third-order valence-corrected chi connectivity index (χ3v) is 5.65. The van der Waals surface area contributed by atoms with E-state index in [-0.39, 0.29) is 33.7 Å². The van der Waals surface area contributed by atoms with Gasteiger partial charge in [-0.05, 0) is 54.4 Å². The summed E-state index contributed by atoms with van der Waals surface area (Å²) in [5, 5.41) is 2.77. The maximum absolute atomic E-state index is 14.3. The molecule has 3 atom stereocenters. The molecular formula is C22H19F4NO3S. The normalized spacial score (nSPS) is 19.1. The monoisotopic (exact) mass is 453 g/mol. The van der Waals surface area contributed by atoms with E-state index in [0.29, 0.717) is 6.42 Å². The predicted molar refractivity (Wildman–Crippen MR) is 108 cm³/mol. The molecule has 4 nitrogen and oxygen atoms in total. The lowest BCUT2D eigenvalue weighted by atomic mass is 9.85. The number of hydrogen-bond donors (Lipinski definition) is 1. The maximum atomic E-state index is 14.3. The van der Waals surface area contributed by atoms with Crippen molar-refractivity contribution in [3.05, 3.63) is 77.6 Å². The molecule has 2 aromatic rings. The minimum absolute atomic E-state index is 0.0179. The van der Waals surface area contributed by atoms with E-state index in [1.807, 2.05) is 0 Å². The molecule has 1 amide bonds. The van der Waals surface area contributed by atoms with E-state index >= 15 is 0 Å². The first-order valence-corrected chi connectivity index (χ1v) is 10.2. The van der Waals surface area contributed by atoms with Crippen molar-refractivity contribution in [3.63, 3.8) is 0 Å². The second-order valence-corrected chi connectivity index (χ2v) is 8.10. The Hall–Kier alpha value is -2.81. The zero-order valence-corrected chi connectivity index (χ0v) is 17.2. The molecule has 9 heteroatoms. The van der Waals surface area contributed by atoms with Gasteiger partial charge in [0.2, 0.25) is 0 Å². The van der Waals surface area contributed by atoms with Crippen LogP contribution in [0.2, 0.25) is 0 Å². The number of thioether (sulfide) groups is 1. The van der Waals surface area contributed by atoms with Crippen molar-refractivity contribution in [2.24, 2.45) is 5.92 Å². The average Bonchev–Trinajstić information content (AvgIpc) is 3.16. The van der Waals surface area contributed by atoms with Gasteiger partial charge < -0.3 is 10.1 Å². The highest BCUT2D eigenvalue weighted by Crippen LogP contribution is 2.37. The molecule has 1 aliphatic carbocycles. The SMILES string of the molecule is COC(=O)[C@H](c1ccccc1F)[C@@H]1C=C[C@@H](NC(=O)c2ccc(SC(F)(F)F)cc2)C1. The molecule has 31 heavy (non-hydrogen) atoms. The summed E-state index contributed by atoms with van der Waals surface area (Å²) in [6.45, 7) is 0. The van der Waals surface area contributed by atoms with E-state index < -0.39 is 35.2 Å². The van der Waals surface area contributed by atoms with Crippen molar-refractivity contribution in [1.82, 2.24) is 5.32 Å². The fraction of sp³-hybridized carbons (Fsp3) is 0.273. The van der Waals surface area contributed by atoms with Crippen molar-refractivity contribution in [1.29, 1.82) is 0 Å². The molecule has 0 fully saturated rings. The van der Waals surface area contributed by atoms with E-state index in [9.17, 15) is 27.2 Å². The van der Waals surface area contributed by atoms with Crippen LogP contribution in [0.1, 0.15) is 28.3 Å². The Morgan fingerprint density at radius 1 is 1.10 bits per heavy atom. The van der Waals surface area contributed by atoms with Gasteiger partial charge in [-0.1, -0.05) is 30.4 Å². The quantitative estimate of drug-likeness (QED) is 0.287. The Balaban J connectivity index is 1.66. The summed E-state index contributed by atoms with van der Waals surface area (Å²) >= 11 is -0.256. The highest BCUT2D eigenvalue weighted by Gasteiger charge is 2.35. The van der Waals surface area contributed by atoms with Crippen molar-refractivity contribution in [2.75, 3.05) is 7.11 Å². The number of amides is 1. The number of esters is 1. The molecule has 2 aromatic carbocycles. The van der Waals surface area contributed by atoms with E-state index in [4.69, 9.17) is 4.74 Å². The van der Waals surface area contributed by atoms with Gasteiger partial charge in [0.1, 0.15) is 5.82 Å². The molecule has 0 spiro atoms. The fourth-order valence-corrected chi connectivity index (χ4v) is 4.07. The Labute approximate surface area is 180 Å². The Bertz CT molecular complexity index is 975. The number of allylic oxidation sites excluding steroid dienone is 1. The Morgan fingerprint density at radius 3 is 2.39 bits per heavy atom. The van der Waals surface area contributed by atoms with Crippen LogP contribution in [0.15, 0.2) is 65.6 Å². The fourth-order valence-electron chi connectivity index (χ4n) is 3.53. The van der Waals surface area contributed by atoms with Gasteiger partial charge in [0.05, 0.1) is 13.0 Å². The Morgan fingerprint density at radius 2 is 1.77 bits per heavy atom. The largest absolute Gasteiger partial charge is 0.469 e. The molecule has 3 rings (SSSR count). The van der Waals surface area contributed by atoms with Crippen molar-refractivity contribution in [3.8, 4) is 0 Å². The molecule has 0 aliphatic heterocycles. The van der Waals surface area contributed by atoms with Crippen LogP contribution in [-0.2, 0) is 9.53 Å². The molecule has 0 unspecified atom stereocenters. The first-order chi connectivity index (χ1) is 14.7. The molecule has 1 aliphatic rings. The molecule has 0 aromatic heterocycles. The topological polar surface area (TPSA) is 55.4 Å². The zero-order chi connectivity index (χ0) is 22.6. The maximum Gasteiger partial charge on any atom is 0.446 e. The van der Waals surface area contributed by atoms with Crippen molar-refractivity contribution < 1.29 is 31.9 Å². The number of hydrogen-bond acceptors (Lipinski definition) is 4. The number of nitrogens with one attached hydrogen (secondary N) is 1. The minimum Gasteiger partial charge on any atom is -0.469 e. The second kappa shape index (κ2) is 9.55. The molecule has 0 radical (unpaired) electrons. The number of benzene rings is 2. The number of ether oxygens (including phenoxy) is 1. The zero-order valence-electron chi connectivity index (χ0n) is 16.4. The third kappa shape index (κ3) is 5.88. The van der Waals surface area contributed by atoms with Gasteiger partial charge in [-0.3, -0.25) is 9.59 Å². The summed E-state index contributed by atoms with van der Waals surface area (Å²) in [7, 11) is 1.23. The second-order valence-electron chi connectivity index (χ2n) is 6.96. The molecule has 164 valence electrons. The third-order valence-electron chi connectivity index (χ3n) is 4.91. The molecule has 0 saturated heterocycles. The summed E-state index contributed by atoms with van der Waals surface area (Å²) in [4.78, 5) is 24.8. The van der Waals surface area contributed by atoms with Gasteiger partial charge in [0, 0.05) is 22.1 Å². The van der Waals surface area contributed by atoms with E-state index in [0.717, 1.165) is 0 Å². The van der Waals surface area contributed by atoms with E-state index in [1.54, 1.807) is 18.2 Å². The predicted octanol–water partition coefficient (Wildman–Crippen LogP) is 5.07. The summed E-state index contributed by atoms with van der Waals surface area (Å²) < 4.78 is 56.4. The van der Waals surface area contributed by atoms with Gasteiger partial charge in [0.25, 0.3) is 5.91 Å². The summed E-state index contributed by atoms with van der Waals surface area (Å²) in [5.74, 6) is -2.80. The number of alkyl halides is 3. The lowest BCUT2D eigenvalue weighted by molar-refractivity contribution is -0.143. The van der Waals surface area contributed by atoms with Crippen LogP contribution < -0.4 is 5.32 Å². The number of methoxy groups -OCH3 is 1. The van der Waals surface area contributed by atoms with Gasteiger partial charge in [0.15, 0.2) is 0 Å². The highest BCUT2D eigenvalue weighted by molar-refractivity contribution is 8.00. The van der Waals surface area contributed by atoms with Crippen LogP contribution >= 0.6 is 11.8 Å². The van der Waals surface area contributed by atoms with E-state index in [1.165, 1.54) is 49.6 Å². The van der Waals surface area contributed by atoms with Crippen LogP contribution in [0.5, 0.6) is 0 Å². The minimum atomic E-state index is -4.40. The first-order valence-electron chi connectivity index (χ1n) is 9.35. The smallest absolute Gasteiger partial charge is 0.446 e. The number of carbonyl (C=O) groups excluding carboxylic acids is 2. The van der Waals surface area contributed by atoms with Crippen LogP contribution in [0, 0.1) is 11.7 Å². The van der Waals surface area contributed by atoms with Crippen molar-refractivity contribution >= 4 is 23.6 Å². The van der Waals surface area contributed by atoms with E-state index in [2.05, 4.69) is 5.32 Å². The van der Waals surface area contributed by atoms with Crippen LogP contribution in [0.25, 0.3) is 0 Å². The van der Waals surface area contributed by atoms with Crippen molar-refractivity contribution in [2.45, 2.75) is 28.8 Å². The number of rotatable bonds is 6. The van der Waals surface area contributed by atoms with Gasteiger partial charge in [-0.2, -0.15) is 13.2 Å². The lowest BCUT2D eigenvalue weighted by Gasteiger charge is -2.22. The number of carbonyl (C=O) groups is 2. The molecule has 0 heterocycles. The lowest BCUT2D eigenvalue weighted by Crippen LogP contribution is -2.33. The van der Waals surface area contributed by atoms with Gasteiger partial charge >= 0.3 is 11.5 Å². The van der Waals surface area contributed by atoms with Gasteiger partial charge in [-0.25, -0.2) is 4.39 Å². The number of halogens is 4. The van der Waals surface area contributed by atoms with Gasteiger partial charge in [-0.15, -0.1) is 0 Å². The first kappa shape index (κ1) is 22.9. The summed E-state index contributed by atoms with van der Waals surface area (Å²) in [6, 6.07) is 10.6. The standard InChI is InChI=1S/C22H19F4NO3S/c1-30-21(29)19(17-4-2-3-5-18(17)23)14-6-9-15(12-14)27-20(28)13-7-10-16(11-8-13)31-22(24,25)26/h2-11,14-15,19H,12H2,1H3,(H,27,28)/t14-,15-,19+/m1/s1. The highest BCUT2D eigenvalue weighted by atomic mass is 32.2. The summed E-state index contributed by atoms with van der Waals surface area (Å²) in [5.41, 5.74) is -3.97. The summed E-state index contributed by atoms with van der Waals surface area (Å²) in [6.07, 6.45) is 3.80. The molecule has 0 bridgehead atoms. The molecule has 1 N–H and O–H groups in total. The molecule has 0 saturated carbocycles. The molecular weight excluding hydrogens is 434 g/mol.